The second kappa shape index (κ2) is 7.58. The molecule has 150 valence electrons. The van der Waals surface area contributed by atoms with Gasteiger partial charge in [0.15, 0.2) is 0 Å². The lowest BCUT2D eigenvalue weighted by atomic mass is 9.91. The first-order chi connectivity index (χ1) is 13.8. The molecule has 6 heteroatoms. The van der Waals surface area contributed by atoms with Crippen molar-refractivity contribution in [1.82, 2.24) is 14.9 Å². The molecular formula is C23H28BN3O2. The van der Waals surface area contributed by atoms with E-state index in [-0.39, 0.29) is 18.0 Å². The molecule has 1 aromatic carbocycles. The van der Waals surface area contributed by atoms with Gasteiger partial charge in [-0.1, -0.05) is 24.4 Å². The third-order valence-electron chi connectivity index (χ3n) is 6.15. The highest BCUT2D eigenvalue weighted by Crippen LogP contribution is 2.35. The number of aromatic amines is 1. The van der Waals surface area contributed by atoms with E-state index >= 15 is 0 Å². The van der Waals surface area contributed by atoms with Crippen LogP contribution in [0.2, 0.25) is 0 Å². The molecule has 3 aromatic rings. The van der Waals surface area contributed by atoms with E-state index in [1.807, 2.05) is 33.8 Å². The molecule has 2 aromatic heterocycles. The highest BCUT2D eigenvalue weighted by molar-refractivity contribution is 6.34. The quantitative estimate of drug-likeness (QED) is 0.674. The van der Waals surface area contributed by atoms with Crippen LogP contribution in [0, 0.1) is 20.8 Å². The van der Waals surface area contributed by atoms with Gasteiger partial charge in [-0.05, 0) is 56.9 Å². The average molecular weight is 389 g/mol. The monoisotopic (exact) mass is 389 g/mol. The zero-order valence-corrected chi connectivity index (χ0v) is 17.7. The highest BCUT2D eigenvalue weighted by Gasteiger charge is 2.22. The minimum absolute atomic E-state index is 0.134. The van der Waals surface area contributed by atoms with E-state index in [0.717, 1.165) is 33.2 Å². The van der Waals surface area contributed by atoms with E-state index in [2.05, 4.69) is 34.1 Å². The maximum Gasteiger partial charge on any atom is 0.253 e. The van der Waals surface area contributed by atoms with Crippen molar-refractivity contribution in [3.63, 3.8) is 0 Å². The van der Waals surface area contributed by atoms with E-state index in [1.54, 1.807) is 0 Å². The molecule has 0 bridgehead atoms. The summed E-state index contributed by atoms with van der Waals surface area (Å²) >= 11 is 0. The zero-order valence-electron chi connectivity index (χ0n) is 17.7. The van der Waals surface area contributed by atoms with Gasteiger partial charge in [0.05, 0.1) is 0 Å². The Kier molecular flexibility index (Phi) is 5.11. The van der Waals surface area contributed by atoms with Gasteiger partial charge in [-0.3, -0.25) is 9.59 Å². The van der Waals surface area contributed by atoms with Crippen LogP contribution in [0.3, 0.4) is 0 Å². The maximum atomic E-state index is 13.1. The number of benzene rings is 1. The predicted molar refractivity (Wildman–Crippen MR) is 120 cm³/mol. The van der Waals surface area contributed by atoms with Gasteiger partial charge in [-0.15, -0.1) is 0 Å². The molecular weight excluding hydrogens is 361 g/mol. The standard InChI is InChI=1S/C23H28BN3O2/c1-13-8-15(3)26-23(29)19(13)11-25-22(28)18-9-16(24)10-20-21(18)14(2)12-27(20)17-6-4-5-7-17/h8-10,12,17H,4-7,11,24H2,1-3H3,(H,25,28)(H,26,29). The molecule has 29 heavy (non-hydrogen) atoms. The number of hydrogen-bond donors (Lipinski definition) is 2. The van der Waals surface area contributed by atoms with Crippen LogP contribution in [0.5, 0.6) is 0 Å². The molecule has 0 spiro atoms. The van der Waals surface area contributed by atoms with Crippen LogP contribution in [0.25, 0.3) is 10.9 Å². The van der Waals surface area contributed by atoms with E-state index in [9.17, 15) is 9.59 Å². The van der Waals surface area contributed by atoms with Crippen LogP contribution < -0.4 is 16.3 Å². The third-order valence-corrected chi connectivity index (χ3v) is 6.15. The van der Waals surface area contributed by atoms with Crippen LogP contribution >= 0.6 is 0 Å². The van der Waals surface area contributed by atoms with Crippen molar-refractivity contribution < 1.29 is 4.79 Å². The smallest absolute Gasteiger partial charge is 0.253 e. The molecule has 1 saturated carbocycles. The largest absolute Gasteiger partial charge is 0.348 e. The average Bonchev–Trinajstić information content (AvgIpc) is 3.28. The molecule has 2 heterocycles. The second-order valence-corrected chi connectivity index (χ2v) is 8.49. The minimum Gasteiger partial charge on any atom is -0.348 e. The summed E-state index contributed by atoms with van der Waals surface area (Å²) in [5, 5.41) is 4.00. The molecule has 5 nitrogen and oxygen atoms in total. The van der Waals surface area contributed by atoms with Gasteiger partial charge in [-0.25, -0.2) is 0 Å². The molecule has 0 saturated heterocycles. The fraction of sp³-hybridized carbons (Fsp3) is 0.391. The summed E-state index contributed by atoms with van der Waals surface area (Å²) in [5.74, 6) is -0.134. The lowest BCUT2D eigenvalue weighted by molar-refractivity contribution is 0.0952. The highest BCUT2D eigenvalue weighted by atomic mass is 16.1. The van der Waals surface area contributed by atoms with Gasteiger partial charge in [0.25, 0.3) is 11.5 Å². The maximum absolute atomic E-state index is 13.1. The molecule has 2 N–H and O–H groups in total. The number of H-pyrrole nitrogens is 1. The first kappa shape index (κ1) is 19.6. The summed E-state index contributed by atoms with van der Waals surface area (Å²) in [6, 6.07) is 6.60. The number of carbonyl (C=O) groups excluding carboxylic acids is 1. The summed E-state index contributed by atoms with van der Waals surface area (Å²) in [4.78, 5) is 28.2. The van der Waals surface area contributed by atoms with E-state index in [1.165, 1.54) is 25.7 Å². The van der Waals surface area contributed by atoms with E-state index in [0.29, 0.717) is 17.2 Å². The molecule has 4 rings (SSSR count). The Morgan fingerprint density at radius 3 is 2.59 bits per heavy atom. The number of nitrogens with zero attached hydrogens (tertiary/aromatic N) is 1. The third kappa shape index (κ3) is 3.64. The zero-order chi connectivity index (χ0) is 20.7. The second-order valence-electron chi connectivity index (χ2n) is 8.49. The molecule has 0 radical (unpaired) electrons. The Morgan fingerprint density at radius 2 is 1.90 bits per heavy atom. The molecule has 0 atom stereocenters. The van der Waals surface area contributed by atoms with Crippen LogP contribution in [0.4, 0.5) is 0 Å². The Labute approximate surface area is 171 Å². The number of pyridine rings is 1. The van der Waals surface area contributed by atoms with Crippen LogP contribution in [0.1, 0.15) is 64.5 Å². The molecule has 1 fully saturated rings. The number of amides is 1. The SMILES string of the molecule is Bc1cc(C(=O)NCc2c(C)cc(C)[nH]c2=O)c2c(C)cn(C3CCCC3)c2c1. The summed E-state index contributed by atoms with van der Waals surface area (Å²) < 4.78 is 2.37. The van der Waals surface area contributed by atoms with Gasteiger partial charge >= 0.3 is 0 Å². The summed E-state index contributed by atoms with van der Waals surface area (Å²) in [5.41, 5.74) is 6.22. The molecule has 1 aliphatic carbocycles. The lowest BCUT2D eigenvalue weighted by Crippen LogP contribution is -2.28. The van der Waals surface area contributed by atoms with E-state index in [4.69, 9.17) is 0 Å². The summed E-state index contributed by atoms with van der Waals surface area (Å²) in [6.45, 7) is 6.06. The van der Waals surface area contributed by atoms with Gasteiger partial charge in [0.1, 0.15) is 7.85 Å². The van der Waals surface area contributed by atoms with Gasteiger partial charge < -0.3 is 14.9 Å². The van der Waals surface area contributed by atoms with Crippen LogP contribution in [0.15, 0.2) is 29.2 Å². The van der Waals surface area contributed by atoms with Crippen molar-refractivity contribution in [1.29, 1.82) is 0 Å². The number of aromatic nitrogens is 2. The van der Waals surface area contributed by atoms with Crippen molar-refractivity contribution >= 4 is 30.1 Å². The number of aryl methyl sites for hydroxylation is 3. The Hall–Kier alpha value is -2.76. The van der Waals surface area contributed by atoms with Crippen LogP contribution in [-0.2, 0) is 6.54 Å². The van der Waals surface area contributed by atoms with Gasteiger partial charge in [0, 0.05) is 46.5 Å². The minimum atomic E-state index is -0.138. The van der Waals surface area contributed by atoms with Gasteiger partial charge in [-0.2, -0.15) is 0 Å². The van der Waals surface area contributed by atoms with E-state index < -0.39 is 0 Å². The summed E-state index contributed by atoms with van der Waals surface area (Å²) in [7, 11) is 2.03. The molecule has 0 aliphatic heterocycles. The number of rotatable bonds is 4. The Bertz CT molecular complexity index is 1150. The molecule has 1 amide bonds. The Morgan fingerprint density at radius 1 is 1.17 bits per heavy atom. The van der Waals surface area contributed by atoms with Crippen molar-refractivity contribution in [3.05, 3.63) is 62.7 Å². The number of carbonyl (C=O) groups is 1. The van der Waals surface area contributed by atoms with Crippen molar-refractivity contribution in [2.24, 2.45) is 0 Å². The first-order valence-corrected chi connectivity index (χ1v) is 10.4. The first-order valence-electron chi connectivity index (χ1n) is 10.4. The lowest BCUT2D eigenvalue weighted by Gasteiger charge is -2.15. The molecule has 1 aliphatic rings. The topological polar surface area (TPSA) is 66.9 Å². The predicted octanol–water partition coefficient (Wildman–Crippen LogP) is 2.56. The summed E-state index contributed by atoms with van der Waals surface area (Å²) in [6.07, 6.45) is 7.15. The fourth-order valence-corrected chi connectivity index (χ4v) is 4.76. The van der Waals surface area contributed by atoms with Crippen molar-refractivity contribution in [2.45, 2.75) is 59.0 Å². The Balaban J connectivity index is 1.68. The van der Waals surface area contributed by atoms with Gasteiger partial charge in [0.2, 0.25) is 0 Å². The van der Waals surface area contributed by atoms with Crippen molar-refractivity contribution in [3.8, 4) is 0 Å². The number of fused-ring (bicyclic) bond motifs is 1. The van der Waals surface area contributed by atoms with Crippen LogP contribution in [-0.4, -0.2) is 23.3 Å². The van der Waals surface area contributed by atoms with Crippen molar-refractivity contribution in [2.75, 3.05) is 0 Å². The number of hydrogen-bond acceptors (Lipinski definition) is 2. The normalized spacial score (nSPS) is 14.6. The molecule has 0 unspecified atom stereocenters. The number of nitrogens with one attached hydrogen (secondary N) is 2. The fourth-order valence-electron chi connectivity index (χ4n) is 4.76.